The molecule has 4 nitrogen and oxygen atoms in total. The molecule has 1 heterocycles. The third kappa shape index (κ3) is 5.41. The highest BCUT2D eigenvalue weighted by molar-refractivity contribution is 5.84. The first-order valence-electron chi connectivity index (χ1n) is 8.31. The van der Waals surface area contributed by atoms with Crippen LogP contribution in [-0.2, 0) is 4.79 Å². The Hall–Kier alpha value is -0.610. The molecular formula is C16H33N3O. The van der Waals surface area contributed by atoms with Crippen LogP contribution < -0.4 is 5.32 Å². The van der Waals surface area contributed by atoms with Crippen molar-refractivity contribution in [2.75, 3.05) is 27.2 Å². The van der Waals surface area contributed by atoms with Crippen molar-refractivity contribution in [2.45, 2.75) is 71.0 Å². The molecule has 1 rings (SSSR count). The van der Waals surface area contributed by atoms with Crippen molar-refractivity contribution >= 4 is 5.91 Å². The van der Waals surface area contributed by atoms with Gasteiger partial charge in [-0.15, -0.1) is 0 Å². The van der Waals surface area contributed by atoms with Gasteiger partial charge in [-0.3, -0.25) is 10.1 Å². The predicted octanol–water partition coefficient (Wildman–Crippen LogP) is 2.45. The van der Waals surface area contributed by atoms with Crippen LogP contribution in [0.25, 0.3) is 0 Å². The number of amides is 1. The van der Waals surface area contributed by atoms with E-state index in [4.69, 9.17) is 0 Å². The number of nitrogens with zero attached hydrogens (tertiary/aromatic N) is 2. The molecule has 2 atom stereocenters. The van der Waals surface area contributed by atoms with Crippen LogP contribution in [0.3, 0.4) is 0 Å². The van der Waals surface area contributed by atoms with Gasteiger partial charge in [0.05, 0.1) is 12.2 Å². The summed E-state index contributed by atoms with van der Waals surface area (Å²) < 4.78 is 0. The first-order valence-corrected chi connectivity index (χ1v) is 8.31. The van der Waals surface area contributed by atoms with Gasteiger partial charge >= 0.3 is 0 Å². The summed E-state index contributed by atoms with van der Waals surface area (Å²) >= 11 is 0. The molecule has 1 N–H and O–H groups in total. The molecule has 0 saturated carbocycles. The maximum absolute atomic E-state index is 12.5. The van der Waals surface area contributed by atoms with Gasteiger partial charge in [0.15, 0.2) is 0 Å². The Morgan fingerprint density at radius 1 is 1.10 bits per heavy atom. The second-order valence-electron chi connectivity index (χ2n) is 6.21. The lowest BCUT2D eigenvalue weighted by Gasteiger charge is -2.24. The van der Waals surface area contributed by atoms with Gasteiger partial charge in [0.25, 0.3) is 0 Å². The van der Waals surface area contributed by atoms with Crippen molar-refractivity contribution in [3.05, 3.63) is 0 Å². The molecule has 20 heavy (non-hydrogen) atoms. The molecule has 1 saturated heterocycles. The summed E-state index contributed by atoms with van der Waals surface area (Å²) in [6.45, 7) is 6.39. The summed E-state index contributed by atoms with van der Waals surface area (Å²) in [6, 6.07) is 0.0698. The number of unbranched alkanes of at least 4 members (excludes halogenated alkanes) is 2. The average molecular weight is 283 g/mol. The van der Waals surface area contributed by atoms with Gasteiger partial charge in [-0.2, -0.15) is 0 Å². The van der Waals surface area contributed by atoms with E-state index in [2.05, 4.69) is 43.1 Å². The minimum absolute atomic E-state index is 0.0698. The van der Waals surface area contributed by atoms with Crippen LogP contribution >= 0.6 is 0 Å². The molecule has 0 bridgehead atoms. The normalized spacial score (nSPS) is 23.1. The van der Waals surface area contributed by atoms with Gasteiger partial charge in [0, 0.05) is 6.54 Å². The van der Waals surface area contributed by atoms with Crippen molar-refractivity contribution in [3.8, 4) is 0 Å². The predicted molar refractivity (Wildman–Crippen MR) is 84.6 cm³/mol. The number of hydrogen-bond donors (Lipinski definition) is 1. The molecule has 0 aromatic rings. The summed E-state index contributed by atoms with van der Waals surface area (Å²) in [6.07, 6.45) is 8.02. The minimum Gasteiger partial charge on any atom is -0.326 e. The van der Waals surface area contributed by atoms with E-state index < -0.39 is 0 Å². The Morgan fingerprint density at radius 2 is 1.85 bits per heavy atom. The van der Waals surface area contributed by atoms with E-state index in [1.54, 1.807) is 0 Å². The highest BCUT2D eigenvalue weighted by atomic mass is 16.2. The summed E-state index contributed by atoms with van der Waals surface area (Å²) in [4.78, 5) is 16.8. The summed E-state index contributed by atoms with van der Waals surface area (Å²) in [7, 11) is 4.20. The number of carbonyl (C=O) groups is 1. The number of carbonyl (C=O) groups excluding carboxylic acids is 1. The van der Waals surface area contributed by atoms with E-state index in [0.717, 1.165) is 58.0 Å². The second-order valence-corrected chi connectivity index (χ2v) is 6.21. The quantitative estimate of drug-likeness (QED) is 0.626. The minimum atomic E-state index is 0.0698. The van der Waals surface area contributed by atoms with Crippen LogP contribution in [0.5, 0.6) is 0 Å². The molecule has 1 aliphatic rings. The Bertz CT molecular complexity index is 281. The fourth-order valence-corrected chi connectivity index (χ4v) is 2.85. The summed E-state index contributed by atoms with van der Waals surface area (Å²) in [5, 5.41) is 3.54. The van der Waals surface area contributed by atoms with Crippen LogP contribution in [0.15, 0.2) is 0 Å². The highest BCUT2D eigenvalue weighted by Gasteiger charge is 2.36. The highest BCUT2D eigenvalue weighted by Crippen LogP contribution is 2.19. The Morgan fingerprint density at radius 3 is 2.45 bits per heavy atom. The molecule has 1 amide bonds. The molecule has 1 aliphatic heterocycles. The van der Waals surface area contributed by atoms with Gasteiger partial charge in [-0.05, 0) is 46.3 Å². The maximum atomic E-state index is 12.5. The summed E-state index contributed by atoms with van der Waals surface area (Å²) in [5.74, 6) is 0.335. The number of nitrogens with one attached hydrogen (secondary N) is 1. The molecule has 0 spiro atoms. The van der Waals surface area contributed by atoms with Crippen molar-refractivity contribution in [3.63, 3.8) is 0 Å². The third-order valence-corrected chi connectivity index (χ3v) is 4.01. The van der Waals surface area contributed by atoms with E-state index in [-0.39, 0.29) is 12.2 Å². The van der Waals surface area contributed by atoms with E-state index >= 15 is 0 Å². The Balaban J connectivity index is 2.44. The maximum Gasteiger partial charge on any atom is 0.241 e. The van der Waals surface area contributed by atoms with E-state index in [1.165, 1.54) is 0 Å². The first-order chi connectivity index (χ1) is 9.60. The van der Waals surface area contributed by atoms with Crippen LogP contribution in [0, 0.1) is 0 Å². The Labute approximate surface area is 124 Å². The zero-order valence-electron chi connectivity index (χ0n) is 13.8. The van der Waals surface area contributed by atoms with Crippen molar-refractivity contribution in [1.29, 1.82) is 0 Å². The van der Waals surface area contributed by atoms with Gasteiger partial charge in [-0.1, -0.05) is 33.1 Å². The van der Waals surface area contributed by atoms with Crippen LogP contribution in [0.1, 0.15) is 58.8 Å². The molecule has 0 aromatic heterocycles. The molecule has 0 radical (unpaired) electrons. The molecule has 1 fully saturated rings. The lowest BCUT2D eigenvalue weighted by Crippen LogP contribution is -2.38. The largest absolute Gasteiger partial charge is 0.326 e. The van der Waals surface area contributed by atoms with Gasteiger partial charge in [0.1, 0.15) is 0 Å². The molecule has 0 aromatic carbocycles. The standard InChI is InChI=1S/C16H33N3O/c1-5-7-11-14-16(20)19(15(17-14)10-6-2)13-9-8-12-18(3)4/h14-15,17H,5-13H2,1-4H3. The molecule has 118 valence electrons. The molecule has 4 heteroatoms. The lowest BCUT2D eigenvalue weighted by molar-refractivity contribution is -0.130. The third-order valence-electron chi connectivity index (χ3n) is 4.01. The number of rotatable bonds is 10. The first kappa shape index (κ1) is 17.4. The molecular weight excluding hydrogens is 250 g/mol. The van der Waals surface area contributed by atoms with Crippen LogP contribution in [-0.4, -0.2) is 55.1 Å². The smallest absolute Gasteiger partial charge is 0.241 e. The van der Waals surface area contributed by atoms with E-state index in [1.807, 2.05) is 0 Å². The van der Waals surface area contributed by atoms with Gasteiger partial charge in [-0.25, -0.2) is 0 Å². The van der Waals surface area contributed by atoms with Crippen LogP contribution in [0.4, 0.5) is 0 Å². The monoisotopic (exact) mass is 283 g/mol. The molecule has 2 unspecified atom stereocenters. The SMILES string of the molecule is CCCCC1NC(CCC)N(CCCCN(C)C)C1=O. The summed E-state index contributed by atoms with van der Waals surface area (Å²) in [5.41, 5.74) is 0. The zero-order chi connectivity index (χ0) is 15.0. The van der Waals surface area contributed by atoms with Crippen LogP contribution in [0.2, 0.25) is 0 Å². The molecule has 0 aliphatic carbocycles. The fraction of sp³-hybridized carbons (Fsp3) is 0.938. The number of hydrogen-bond acceptors (Lipinski definition) is 3. The van der Waals surface area contributed by atoms with Crippen molar-refractivity contribution < 1.29 is 4.79 Å². The van der Waals surface area contributed by atoms with E-state index in [0.29, 0.717) is 5.91 Å². The topological polar surface area (TPSA) is 35.6 Å². The van der Waals surface area contributed by atoms with E-state index in [9.17, 15) is 4.79 Å². The van der Waals surface area contributed by atoms with Gasteiger partial charge in [0.2, 0.25) is 5.91 Å². The zero-order valence-corrected chi connectivity index (χ0v) is 13.8. The van der Waals surface area contributed by atoms with Crippen molar-refractivity contribution in [2.24, 2.45) is 0 Å². The van der Waals surface area contributed by atoms with Crippen molar-refractivity contribution in [1.82, 2.24) is 15.1 Å². The Kier molecular flexibility index (Phi) is 8.15. The lowest BCUT2D eigenvalue weighted by atomic mass is 10.1. The average Bonchev–Trinajstić information content (AvgIpc) is 2.69. The fourth-order valence-electron chi connectivity index (χ4n) is 2.85. The second kappa shape index (κ2) is 9.35. The van der Waals surface area contributed by atoms with Gasteiger partial charge < -0.3 is 9.80 Å².